The van der Waals surface area contributed by atoms with Crippen molar-refractivity contribution in [2.24, 2.45) is 0 Å². The number of rotatable bonds is 6. The van der Waals surface area contributed by atoms with Crippen LogP contribution in [-0.2, 0) is 11.3 Å². The summed E-state index contributed by atoms with van der Waals surface area (Å²) in [4.78, 5) is 30.2. The molecule has 0 aliphatic rings. The van der Waals surface area contributed by atoms with Crippen molar-refractivity contribution in [3.05, 3.63) is 77.3 Å². The highest BCUT2D eigenvalue weighted by atomic mass is 16.5. The van der Waals surface area contributed by atoms with Crippen LogP contribution in [0.1, 0.15) is 0 Å². The highest BCUT2D eigenvalue weighted by Gasteiger charge is 2.17. The highest BCUT2D eigenvalue weighted by Crippen LogP contribution is 2.25. The molecule has 4 aromatic rings. The summed E-state index contributed by atoms with van der Waals surface area (Å²) >= 11 is 0. The SMILES string of the molecule is COc1cc(NC(=O)Cn2c(=O)n(-c3ccccc3)c3ncccc32)cc(OC)c1. The number of pyridine rings is 1. The van der Waals surface area contributed by atoms with Crippen molar-refractivity contribution < 1.29 is 14.3 Å². The minimum absolute atomic E-state index is 0.166. The fraction of sp³-hybridized carbons (Fsp3) is 0.136. The van der Waals surface area contributed by atoms with Gasteiger partial charge in [-0.1, -0.05) is 18.2 Å². The van der Waals surface area contributed by atoms with E-state index in [9.17, 15) is 9.59 Å². The molecule has 0 atom stereocenters. The predicted octanol–water partition coefficient (Wildman–Crippen LogP) is 2.84. The van der Waals surface area contributed by atoms with E-state index in [-0.39, 0.29) is 18.1 Å². The monoisotopic (exact) mass is 404 g/mol. The zero-order chi connectivity index (χ0) is 21.1. The molecule has 0 bridgehead atoms. The van der Waals surface area contributed by atoms with Crippen molar-refractivity contribution in [3.63, 3.8) is 0 Å². The Hall–Kier alpha value is -4.07. The van der Waals surface area contributed by atoms with Gasteiger partial charge >= 0.3 is 5.69 Å². The van der Waals surface area contributed by atoms with E-state index in [0.29, 0.717) is 34.0 Å². The van der Waals surface area contributed by atoms with Crippen molar-refractivity contribution in [3.8, 4) is 17.2 Å². The minimum Gasteiger partial charge on any atom is -0.497 e. The van der Waals surface area contributed by atoms with Gasteiger partial charge < -0.3 is 14.8 Å². The van der Waals surface area contributed by atoms with Crippen LogP contribution in [0.4, 0.5) is 5.69 Å². The third-order valence-corrected chi connectivity index (χ3v) is 4.64. The topological polar surface area (TPSA) is 87.4 Å². The van der Waals surface area contributed by atoms with Crippen LogP contribution in [0.5, 0.6) is 11.5 Å². The van der Waals surface area contributed by atoms with Gasteiger partial charge in [-0.3, -0.25) is 9.36 Å². The molecule has 2 aromatic carbocycles. The number of carbonyl (C=O) groups is 1. The number of nitrogens with one attached hydrogen (secondary N) is 1. The van der Waals surface area contributed by atoms with Gasteiger partial charge in [0.25, 0.3) is 0 Å². The second-order valence-electron chi connectivity index (χ2n) is 6.54. The number of ether oxygens (including phenoxy) is 2. The Morgan fingerprint density at radius 3 is 2.37 bits per heavy atom. The van der Waals surface area contributed by atoms with E-state index in [2.05, 4.69) is 10.3 Å². The Morgan fingerprint density at radius 1 is 1.00 bits per heavy atom. The third-order valence-electron chi connectivity index (χ3n) is 4.64. The second-order valence-corrected chi connectivity index (χ2v) is 6.54. The molecule has 0 saturated carbocycles. The molecule has 0 saturated heterocycles. The molecule has 0 aliphatic carbocycles. The average molecular weight is 404 g/mol. The lowest BCUT2D eigenvalue weighted by molar-refractivity contribution is -0.116. The number of nitrogens with zero attached hydrogens (tertiary/aromatic N) is 3. The number of anilines is 1. The van der Waals surface area contributed by atoms with Crippen molar-refractivity contribution in [2.45, 2.75) is 6.54 Å². The lowest BCUT2D eigenvalue weighted by Crippen LogP contribution is -2.28. The molecule has 30 heavy (non-hydrogen) atoms. The molecule has 0 unspecified atom stereocenters. The summed E-state index contributed by atoms with van der Waals surface area (Å²) in [5.74, 6) is 0.738. The minimum atomic E-state index is -0.358. The number of carbonyl (C=O) groups excluding carboxylic acids is 1. The number of benzene rings is 2. The number of hydrogen-bond donors (Lipinski definition) is 1. The smallest absolute Gasteiger partial charge is 0.335 e. The number of amides is 1. The lowest BCUT2D eigenvalue weighted by Gasteiger charge is -2.10. The van der Waals surface area contributed by atoms with Gasteiger partial charge in [-0.2, -0.15) is 0 Å². The molecule has 0 fully saturated rings. The molecule has 2 aromatic heterocycles. The molecule has 1 N–H and O–H groups in total. The molecule has 8 heteroatoms. The number of aromatic nitrogens is 3. The lowest BCUT2D eigenvalue weighted by atomic mass is 10.2. The molecule has 4 rings (SSSR count). The maximum absolute atomic E-state index is 13.1. The molecule has 0 spiro atoms. The Balaban J connectivity index is 1.69. The fourth-order valence-electron chi connectivity index (χ4n) is 3.27. The first-order chi connectivity index (χ1) is 14.6. The standard InChI is InChI=1S/C22H20N4O4/c1-29-17-11-15(12-18(13-17)30-2)24-20(27)14-25-19-9-6-10-23-21(19)26(22(25)28)16-7-4-3-5-8-16/h3-13H,14H2,1-2H3,(H,24,27). The van der Waals surface area contributed by atoms with Gasteiger partial charge in [0.1, 0.15) is 18.0 Å². The molecule has 0 radical (unpaired) electrons. The molecule has 2 heterocycles. The van der Waals surface area contributed by atoms with Gasteiger partial charge in [0.05, 0.1) is 25.4 Å². The van der Waals surface area contributed by atoms with Crippen molar-refractivity contribution >= 4 is 22.8 Å². The summed E-state index contributed by atoms with van der Waals surface area (Å²) in [5, 5.41) is 2.79. The first-order valence-corrected chi connectivity index (χ1v) is 9.25. The molecular weight excluding hydrogens is 384 g/mol. The summed E-state index contributed by atoms with van der Waals surface area (Å²) in [7, 11) is 3.07. The molecule has 1 amide bonds. The molecule has 152 valence electrons. The summed E-state index contributed by atoms with van der Waals surface area (Å²) in [6.45, 7) is -0.166. The van der Waals surface area contributed by atoms with Crippen LogP contribution in [0.2, 0.25) is 0 Å². The fourth-order valence-corrected chi connectivity index (χ4v) is 3.27. The number of para-hydroxylation sites is 1. The van der Waals surface area contributed by atoms with Gasteiger partial charge in [-0.05, 0) is 24.3 Å². The van der Waals surface area contributed by atoms with Crippen LogP contribution < -0.4 is 20.5 Å². The quantitative estimate of drug-likeness (QED) is 0.534. The maximum atomic E-state index is 13.1. The van der Waals surface area contributed by atoms with E-state index in [1.54, 1.807) is 36.5 Å². The van der Waals surface area contributed by atoms with Crippen LogP contribution in [0.3, 0.4) is 0 Å². The van der Waals surface area contributed by atoms with Crippen molar-refractivity contribution in [2.75, 3.05) is 19.5 Å². The second kappa shape index (κ2) is 8.12. The van der Waals surface area contributed by atoms with Gasteiger partial charge in [0.15, 0.2) is 5.65 Å². The summed E-state index contributed by atoms with van der Waals surface area (Å²) < 4.78 is 13.4. The number of fused-ring (bicyclic) bond motifs is 1. The molecule has 0 aliphatic heterocycles. The van der Waals surface area contributed by atoms with Gasteiger partial charge in [0.2, 0.25) is 5.91 Å². The van der Waals surface area contributed by atoms with Gasteiger partial charge in [-0.25, -0.2) is 14.3 Å². The van der Waals surface area contributed by atoms with Crippen molar-refractivity contribution in [1.29, 1.82) is 0 Å². The highest BCUT2D eigenvalue weighted by molar-refractivity contribution is 5.92. The summed E-state index contributed by atoms with van der Waals surface area (Å²) in [5.41, 5.74) is 1.92. The first-order valence-electron chi connectivity index (χ1n) is 9.25. The van der Waals surface area contributed by atoms with Crippen LogP contribution in [0.15, 0.2) is 71.7 Å². The average Bonchev–Trinajstić information content (AvgIpc) is 3.05. The van der Waals surface area contributed by atoms with Crippen LogP contribution in [-0.4, -0.2) is 34.2 Å². The maximum Gasteiger partial charge on any atom is 0.335 e. The number of hydrogen-bond acceptors (Lipinski definition) is 5. The number of imidazole rings is 1. The van der Waals surface area contributed by atoms with E-state index in [1.165, 1.54) is 23.4 Å². The van der Waals surface area contributed by atoms with E-state index >= 15 is 0 Å². The van der Waals surface area contributed by atoms with E-state index in [0.717, 1.165) is 0 Å². The van der Waals surface area contributed by atoms with Gasteiger partial charge in [0, 0.05) is 30.1 Å². The zero-order valence-corrected chi connectivity index (χ0v) is 16.5. The van der Waals surface area contributed by atoms with Crippen molar-refractivity contribution in [1.82, 2.24) is 14.1 Å². The predicted molar refractivity (Wildman–Crippen MR) is 114 cm³/mol. The Labute approximate surface area is 172 Å². The Kier molecular flexibility index (Phi) is 5.21. The van der Waals surface area contributed by atoms with Gasteiger partial charge in [-0.15, -0.1) is 0 Å². The normalized spacial score (nSPS) is 10.7. The van der Waals surface area contributed by atoms with E-state index in [1.807, 2.05) is 30.3 Å². The molecular formula is C22H20N4O4. The first kappa shape index (κ1) is 19.3. The summed E-state index contributed by atoms with van der Waals surface area (Å²) in [6, 6.07) is 17.8. The van der Waals surface area contributed by atoms with Crippen LogP contribution in [0, 0.1) is 0 Å². The van der Waals surface area contributed by atoms with Crippen LogP contribution >= 0.6 is 0 Å². The van der Waals surface area contributed by atoms with E-state index in [4.69, 9.17) is 9.47 Å². The Morgan fingerprint density at radius 2 is 1.70 bits per heavy atom. The summed E-state index contributed by atoms with van der Waals surface area (Å²) in [6.07, 6.45) is 1.62. The zero-order valence-electron chi connectivity index (χ0n) is 16.5. The Bertz CT molecular complexity index is 1240. The number of methoxy groups -OCH3 is 2. The molecule has 8 nitrogen and oxygen atoms in total. The largest absolute Gasteiger partial charge is 0.497 e. The van der Waals surface area contributed by atoms with Crippen LogP contribution in [0.25, 0.3) is 16.9 Å². The van der Waals surface area contributed by atoms with E-state index < -0.39 is 0 Å². The third kappa shape index (κ3) is 3.62.